The van der Waals surface area contributed by atoms with Crippen LogP contribution < -0.4 is 5.32 Å². The van der Waals surface area contributed by atoms with Gasteiger partial charge in [0.25, 0.3) is 0 Å². The van der Waals surface area contributed by atoms with Gasteiger partial charge in [0.1, 0.15) is 0 Å². The van der Waals surface area contributed by atoms with E-state index >= 15 is 0 Å². The van der Waals surface area contributed by atoms with E-state index in [4.69, 9.17) is 0 Å². The van der Waals surface area contributed by atoms with Crippen molar-refractivity contribution in [2.45, 2.75) is 13.8 Å². The molecule has 0 aromatic carbocycles. The van der Waals surface area contributed by atoms with Crippen LogP contribution in [0.2, 0.25) is 0 Å². The minimum Gasteiger partial charge on any atom is -0.322 e. The molecule has 92 valence electrons. The van der Waals surface area contributed by atoms with Crippen molar-refractivity contribution in [1.82, 2.24) is 10.3 Å². The van der Waals surface area contributed by atoms with E-state index < -0.39 is 0 Å². The SMILES string of the molecule is CC(C)C(=O)NC1=CC(=O)c2ccncc2C1=O. The first-order valence-corrected chi connectivity index (χ1v) is 5.56. The largest absolute Gasteiger partial charge is 0.322 e. The minimum atomic E-state index is -0.383. The number of allylic oxidation sites excluding steroid dienone is 2. The van der Waals surface area contributed by atoms with Crippen LogP contribution in [0.1, 0.15) is 34.6 Å². The van der Waals surface area contributed by atoms with Crippen LogP contribution in [0.15, 0.2) is 30.2 Å². The van der Waals surface area contributed by atoms with E-state index in [-0.39, 0.29) is 34.7 Å². The molecule has 0 unspecified atom stereocenters. The van der Waals surface area contributed by atoms with Crippen molar-refractivity contribution in [3.8, 4) is 0 Å². The average Bonchev–Trinajstić information content (AvgIpc) is 2.35. The summed E-state index contributed by atoms with van der Waals surface area (Å²) in [5, 5.41) is 2.46. The van der Waals surface area contributed by atoms with Crippen LogP contribution in [0.3, 0.4) is 0 Å². The van der Waals surface area contributed by atoms with Crippen LogP contribution in [-0.2, 0) is 4.79 Å². The van der Waals surface area contributed by atoms with Crippen molar-refractivity contribution >= 4 is 17.5 Å². The summed E-state index contributed by atoms with van der Waals surface area (Å²) in [4.78, 5) is 39.2. The van der Waals surface area contributed by atoms with Crippen LogP contribution in [0.4, 0.5) is 0 Å². The Bertz CT molecular complexity index is 573. The Kier molecular flexibility index (Phi) is 3.06. The molecular formula is C13H12N2O3. The summed E-state index contributed by atoms with van der Waals surface area (Å²) in [7, 11) is 0. The van der Waals surface area contributed by atoms with E-state index in [1.54, 1.807) is 13.8 Å². The molecule has 0 fully saturated rings. The van der Waals surface area contributed by atoms with Crippen molar-refractivity contribution in [1.29, 1.82) is 0 Å². The van der Waals surface area contributed by atoms with Gasteiger partial charge in [0.15, 0.2) is 5.78 Å². The lowest BCUT2D eigenvalue weighted by Gasteiger charge is -2.16. The van der Waals surface area contributed by atoms with E-state index in [9.17, 15) is 14.4 Å². The van der Waals surface area contributed by atoms with Gasteiger partial charge in [-0.1, -0.05) is 13.8 Å². The fourth-order valence-electron chi connectivity index (χ4n) is 1.58. The quantitative estimate of drug-likeness (QED) is 0.845. The van der Waals surface area contributed by atoms with E-state index in [1.807, 2.05) is 0 Å². The van der Waals surface area contributed by atoms with Crippen molar-refractivity contribution in [2.24, 2.45) is 5.92 Å². The van der Waals surface area contributed by atoms with E-state index in [1.165, 1.54) is 18.5 Å². The van der Waals surface area contributed by atoms with Gasteiger partial charge in [-0.3, -0.25) is 19.4 Å². The third-order valence-corrected chi connectivity index (χ3v) is 2.63. The van der Waals surface area contributed by atoms with Gasteiger partial charge in [0, 0.05) is 30.0 Å². The monoisotopic (exact) mass is 244 g/mol. The Labute approximate surface area is 104 Å². The maximum atomic E-state index is 12.0. The third-order valence-electron chi connectivity index (χ3n) is 2.63. The Hall–Kier alpha value is -2.30. The average molecular weight is 244 g/mol. The lowest BCUT2D eigenvalue weighted by molar-refractivity contribution is -0.123. The number of fused-ring (bicyclic) bond motifs is 1. The number of amides is 1. The summed E-state index contributed by atoms with van der Waals surface area (Å²) < 4.78 is 0. The highest BCUT2D eigenvalue weighted by Gasteiger charge is 2.26. The fraction of sp³-hybridized carbons (Fsp3) is 0.231. The topological polar surface area (TPSA) is 76.1 Å². The van der Waals surface area contributed by atoms with Crippen LogP contribution in [0.25, 0.3) is 0 Å². The van der Waals surface area contributed by atoms with Crippen molar-refractivity contribution in [3.05, 3.63) is 41.4 Å². The lowest BCUT2D eigenvalue weighted by atomic mass is 9.94. The highest BCUT2D eigenvalue weighted by molar-refractivity contribution is 6.24. The number of carbonyl (C=O) groups excluding carboxylic acids is 3. The summed E-state index contributed by atoms with van der Waals surface area (Å²) >= 11 is 0. The number of hydrogen-bond donors (Lipinski definition) is 1. The molecule has 1 amide bonds. The molecule has 5 heteroatoms. The number of carbonyl (C=O) groups is 3. The van der Waals surface area contributed by atoms with Gasteiger partial charge in [-0.25, -0.2) is 0 Å². The van der Waals surface area contributed by atoms with Gasteiger partial charge in [0.2, 0.25) is 11.7 Å². The summed E-state index contributed by atoms with van der Waals surface area (Å²) in [6.07, 6.45) is 3.95. The molecule has 0 bridgehead atoms. The van der Waals surface area contributed by atoms with Crippen LogP contribution in [0.5, 0.6) is 0 Å². The number of nitrogens with one attached hydrogen (secondary N) is 1. The van der Waals surface area contributed by atoms with Crippen molar-refractivity contribution < 1.29 is 14.4 Å². The smallest absolute Gasteiger partial charge is 0.227 e. The maximum Gasteiger partial charge on any atom is 0.227 e. The highest BCUT2D eigenvalue weighted by atomic mass is 16.2. The van der Waals surface area contributed by atoms with Gasteiger partial charge < -0.3 is 5.32 Å². The molecule has 2 rings (SSSR count). The molecule has 18 heavy (non-hydrogen) atoms. The standard InChI is InChI=1S/C13H12N2O3/c1-7(2)13(18)15-10-5-11(16)8-3-4-14-6-9(8)12(10)17/h3-7H,1-2H3,(H,15,18). The Balaban J connectivity index is 2.34. The van der Waals surface area contributed by atoms with Gasteiger partial charge in [-0.05, 0) is 6.07 Å². The Morgan fingerprint density at radius 1 is 1.28 bits per heavy atom. The summed E-state index contributed by atoms with van der Waals surface area (Å²) in [6.45, 7) is 3.42. The van der Waals surface area contributed by atoms with E-state index in [2.05, 4.69) is 10.3 Å². The van der Waals surface area contributed by atoms with Gasteiger partial charge in [0.05, 0.1) is 11.3 Å². The number of nitrogens with zero attached hydrogens (tertiary/aromatic N) is 1. The summed E-state index contributed by atoms with van der Waals surface area (Å²) in [5.41, 5.74) is 0.556. The molecule has 1 aliphatic carbocycles. The molecule has 1 aliphatic rings. The second-order valence-corrected chi connectivity index (χ2v) is 4.32. The molecule has 0 atom stereocenters. The molecular weight excluding hydrogens is 232 g/mol. The molecule has 0 saturated carbocycles. The lowest BCUT2D eigenvalue weighted by Crippen LogP contribution is -2.33. The Morgan fingerprint density at radius 3 is 2.67 bits per heavy atom. The molecule has 1 N–H and O–H groups in total. The molecule has 0 saturated heterocycles. The molecule has 1 aromatic heterocycles. The van der Waals surface area contributed by atoms with Gasteiger partial charge in [-0.15, -0.1) is 0 Å². The van der Waals surface area contributed by atoms with Crippen molar-refractivity contribution in [3.63, 3.8) is 0 Å². The molecule has 5 nitrogen and oxygen atoms in total. The fourth-order valence-corrected chi connectivity index (χ4v) is 1.58. The zero-order valence-corrected chi connectivity index (χ0v) is 10.1. The minimum absolute atomic E-state index is 0.0131. The molecule has 0 aliphatic heterocycles. The number of rotatable bonds is 2. The molecule has 0 radical (unpaired) electrons. The first kappa shape index (κ1) is 12.2. The van der Waals surface area contributed by atoms with Crippen LogP contribution >= 0.6 is 0 Å². The van der Waals surface area contributed by atoms with Crippen LogP contribution in [-0.4, -0.2) is 22.5 Å². The number of hydrogen-bond acceptors (Lipinski definition) is 4. The number of pyridine rings is 1. The third kappa shape index (κ3) is 2.07. The zero-order valence-electron chi connectivity index (χ0n) is 10.1. The normalized spacial score (nSPS) is 14.3. The number of Topliss-reactive ketones (excluding diaryl/α,β-unsaturated/α-hetero) is 1. The van der Waals surface area contributed by atoms with Crippen LogP contribution in [0, 0.1) is 5.92 Å². The highest BCUT2D eigenvalue weighted by Crippen LogP contribution is 2.18. The second kappa shape index (κ2) is 4.52. The predicted octanol–water partition coefficient (Wildman–Crippen LogP) is 1.12. The van der Waals surface area contributed by atoms with Crippen molar-refractivity contribution in [2.75, 3.05) is 0 Å². The first-order valence-electron chi connectivity index (χ1n) is 5.56. The maximum absolute atomic E-state index is 12.0. The number of aromatic nitrogens is 1. The predicted molar refractivity (Wildman–Crippen MR) is 64.0 cm³/mol. The van der Waals surface area contributed by atoms with E-state index in [0.717, 1.165) is 6.08 Å². The zero-order chi connectivity index (χ0) is 13.3. The molecule has 1 aromatic rings. The molecule has 1 heterocycles. The molecule has 0 spiro atoms. The summed E-state index contributed by atoms with van der Waals surface area (Å²) in [5.74, 6) is -1.24. The van der Waals surface area contributed by atoms with Gasteiger partial charge >= 0.3 is 0 Å². The Morgan fingerprint density at radius 2 is 2.00 bits per heavy atom. The number of ketones is 2. The van der Waals surface area contributed by atoms with Gasteiger partial charge in [-0.2, -0.15) is 0 Å². The van der Waals surface area contributed by atoms with E-state index in [0.29, 0.717) is 5.56 Å². The summed E-state index contributed by atoms with van der Waals surface area (Å²) in [6, 6.07) is 1.49. The first-order chi connectivity index (χ1) is 8.50. The second-order valence-electron chi connectivity index (χ2n) is 4.32.